The van der Waals surface area contributed by atoms with E-state index in [1.807, 2.05) is 26.2 Å². The van der Waals surface area contributed by atoms with Gasteiger partial charge in [0.2, 0.25) is 5.91 Å². The number of epoxide rings is 1. The van der Waals surface area contributed by atoms with Crippen molar-refractivity contribution in [2.75, 3.05) is 19.1 Å². The molecule has 7 nitrogen and oxygen atoms in total. The number of amides is 2. The van der Waals surface area contributed by atoms with E-state index in [0.29, 0.717) is 10.8 Å². The van der Waals surface area contributed by atoms with Crippen LogP contribution in [-0.2, 0) is 19.1 Å². The Labute approximate surface area is 181 Å². The lowest BCUT2D eigenvalue weighted by Gasteiger charge is -2.56. The van der Waals surface area contributed by atoms with E-state index >= 15 is 0 Å². The van der Waals surface area contributed by atoms with Gasteiger partial charge in [0, 0.05) is 31.6 Å². The fourth-order valence-electron chi connectivity index (χ4n) is 4.85. The van der Waals surface area contributed by atoms with Crippen LogP contribution in [0.3, 0.4) is 0 Å². The van der Waals surface area contributed by atoms with Crippen LogP contribution in [0.2, 0.25) is 0 Å². The Morgan fingerprint density at radius 1 is 1.38 bits per heavy atom. The standard InChI is InChI=1S/C20H32ClNO6S/c1-12(2)7-8-15-18(4,28-15)20(17(25)22(21)13(3)23)16(27-5)14(24)9-10-19(20,26)11-29-6/h7,14-16,24,26H,8-11H2,1-6H3. The molecule has 1 saturated carbocycles. The van der Waals surface area contributed by atoms with Crippen LogP contribution in [0.5, 0.6) is 0 Å². The van der Waals surface area contributed by atoms with Gasteiger partial charge in [0.05, 0.1) is 17.8 Å². The monoisotopic (exact) mass is 449 g/mol. The lowest BCUT2D eigenvalue weighted by Crippen LogP contribution is -2.75. The predicted molar refractivity (Wildman–Crippen MR) is 113 cm³/mol. The van der Waals surface area contributed by atoms with Crippen LogP contribution >= 0.6 is 23.5 Å². The van der Waals surface area contributed by atoms with E-state index in [9.17, 15) is 19.8 Å². The van der Waals surface area contributed by atoms with Gasteiger partial charge in [-0.3, -0.25) is 9.59 Å². The van der Waals surface area contributed by atoms with Crippen LogP contribution in [0.4, 0.5) is 0 Å². The highest BCUT2D eigenvalue weighted by molar-refractivity contribution is 7.98. The third-order valence-electron chi connectivity index (χ3n) is 6.26. The summed E-state index contributed by atoms with van der Waals surface area (Å²) in [5.41, 5.74) is -3.44. The molecule has 9 heteroatoms. The molecule has 2 rings (SSSR count). The molecule has 2 amide bonds. The number of aliphatic hydroxyl groups excluding tert-OH is 1. The third kappa shape index (κ3) is 3.88. The van der Waals surface area contributed by atoms with Crippen molar-refractivity contribution in [2.45, 2.75) is 76.5 Å². The van der Waals surface area contributed by atoms with Gasteiger partial charge in [0.1, 0.15) is 17.1 Å². The second kappa shape index (κ2) is 8.85. The lowest BCUT2D eigenvalue weighted by atomic mass is 9.53. The van der Waals surface area contributed by atoms with E-state index in [-0.39, 0.29) is 18.6 Å². The van der Waals surface area contributed by atoms with Crippen LogP contribution in [0.1, 0.15) is 47.0 Å². The summed E-state index contributed by atoms with van der Waals surface area (Å²) >= 11 is 7.48. The smallest absolute Gasteiger partial charge is 0.258 e. The normalized spacial score (nSPS) is 39.0. The number of aliphatic hydroxyl groups is 2. The molecular formula is C20H32ClNO6S. The second-order valence-corrected chi connectivity index (χ2v) is 9.57. The Balaban J connectivity index is 2.71. The minimum Gasteiger partial charge on any atom is -0.390 e. The molecule has 1 aliphatic heterocycles. The maximum Gasteiger partial charge on any atom is 0.258 e. The van der Waals surface area contributed by atoms with E-state index in [1.165, 1.54) is 25.8 Å². The number of allylic oxidation sites excluding steroid dienone is 1. The maximum atomic E-state index is 13.8. The third-order valence-corrected chi connectivity index (χ3v) is 7.42. The summed E-state index contributed by atoms with van der Waals surface area (Å²) in [6.45, 7) is 6.82. The van der Waals surface area contributed by atoms with Crippen LogP contribution in [0.15, 0.2) is 11.6 Å². The Morgan fingerprint density at radius 2 is 2.00 bits per heavy atom. The molecular weight excluding hydrogens is 418 g/mol. The van der Waals surface area contributed by atoms with Crippen molar-refractivity contribution in [2.24, 2.45) is 5.41 Å². The fraction of sp³-hybridized carbons (Fsp3) is 0.800. The highest BCUT2D eigenvalue weighted by Crippen LogP contribution is 2.63. The number of thioether (sulfide) groups is 1. The number of rotatable bonds is 7. The van der Waals surface area contributed by atoms with E-state index in [1.54, 1.807) is 6.92 Å². The summed E-state index contributed by atoms with van der Waals surface area (Å²) in [4.78, 5) is 25.7. The molecule has 0 aromatic heterocycles. The number of nitrogens with zero attached hydrogens (tertiary/aromatic N) is 1. The SMILES string of the molecule is COC1C(O)CCC(O)(CSC)C1(C(=O)N(Cl)C(C)=O)C1(C)OC1CC=C(C)C. The number of hydrogen-bond acceptors (Lipinski definition) is 7. The molecule has 2 fully saturated rings. The number of ether oxygens (including phenoxy) is 2. The topological polar surface area (TPSA) is 99.6 Å². The Kier molecular flexibility index (Phi) is 7.51. The van der Waals surface area contributed by atoms with Crippen molar-refractivity contribution >= 4 is 35.4 Å². The molecule has 1 saturated heterocycles. The quantitative estimate of drug-likeness (QED) is 0.349. The van der Waals surface area contributed by atoms with Crippen molar-refractivity contribution in [3.05, 3.63) is 11.6 Å². The largest absolute Gasteiger partial charge is 0.390 e. The average Bonchev–Trinajstić information content (AvgIpc) is 3.31. The van der Waals surface area contributed by atoms with Crippen molar-refractivity contribution in [1.82, 2.24) is 4.42 Å². The minimum atomic E-state index is -1.76. The molecule has 0 bridgehead atoms. The Morgan fingerprint density at radius 3 is 2.48 bits per heavy atom. The minimum absolute atomic E-state index is 0.150. The van der Waals surface area contributed by atoms with Gasteiger partial charge in [-0.05, 0) is 46.3 Å². The van der Waals surface area contributed by atoms with E-state index in [0.717, 1.165) is 5.57 Å². The zero-order chi connectivity index (χ0) is 22.2. The number of imide groups is 1. The van der Waals surface area contributed by atoms with E-state index in [4.69, 9.17) is 21.3 Å². The first-order valence-corrected chi connectivity index (χ1v) is 11.4. The van der Waals surface area contributed by atoms with Crippen molar-refractivity contribution in [3.8, 4) is 0 Å². The Hall–Kier alpha value is -0.640. The van der Waals surface area contributed by atoms with Crippen LogP contribution in [0, 0.1) is 5.41 Å². The summed E-state index contributed by atoms with van der Waals surface area (Å²) in [7, 11) is 1.38. The molecule has 1 heterocycles. The van der Waals surface area contributed by atoms with Gasteiger partial charge in [-0.25, -0.2) is 0 Å². The molecule has 0 aromatic carbocycles. The summed E-state index contributed by atoms with van der Waals surface area (Å²) < 4.78 is 12.2. The lowest BCUT2D eigenvalue weighted by molar-refractivity contribution is -0.231. The van der Waals surface area contributed by atoms with Crippen molar-refractivity contribution < 1.29 is 29.3 Å². The number of carbonyl (C=O) groups is 2. The number of carbonyl (C=O) groups excluding carboxylic acids is 2. The molecule has 1 aliphatic carbocycles. The molecule has 6 unspecified atom stereocenters. The summed E-state index contributed by atoms with van der Waals surface area (Å²) in [5, 5.41) is 22.6. The van der Waals surface area contributed by atoms with E-state index < -0.39 is 46.7 Å². The summed E-state index contributed by atoms with van der Waals surface area (Å²) in [6, 6.07) is 0. The number of methoxy groups -OCH3 is 1. The fourth-order valence-corrected chi connectivity index (χ4v) is 5.83. The molecule has 0 aromatic rings. The molecule has 2 aliphatic rings. The van der Waals surface area contributed by atoms with Gasteiger partial charge in [0.25, 0.3) is 5.91 Å². The van der Waals surface area contributed by atoms with Crippen molar-refractivity contribution in [3.63, 3.8) is 0 Å². The maximum absolute atomic E-state index is 13.8. The van der Waals surface area contributed by atoms with Gasteiger partial charge < -0.3 is 19.7 Å². The van der Waals surface area contributed by atoms with Crippen LogP contribution in [-0.4, -0.2) is 75.1 Å². The Bertz CT molecular complexity index is 686. The average molecular weight is 450 g/mol. The second-order valence-electron chi connectivity index (χ2n) is 8.37. The van der Waals surface area contributed by atoms with Gasteiger partial charge in [-0.2, -0.15) is 16.2 Å². The molecule has 0 spiro atoms. The highest BCUT2D eigenvalue weighted by atomic mass is 35.5. The van der Waals surface area contributed by atoms with Gasteiger partial charge in [-0.1, -0.05) is 11.6 Å². The first-order chi connectivity index (χ1) is 13.4. The number of hydrogen-bond donors (Lipinski definition) is 2. The van der Waals surface area contributed by atoms with Gasteiger partial charge >= 0.3 is 0 Å². The summed E-state index contributed by atoms with van der Waals surface area (Å²) in [6.07, 6.45) is 2.23. The first kappa shape index (κ1) is 24.6. The molecule has 166 valence electrons. The molecule has 2 N–H and O–H groups in total. The van der Waals surface area contributed by atoms with Gasteiger partial charge in [-0.15, -0.1) is 0 Å². The zero-order valence-electron chi connectivity index (χ0n) is 17.9. The molecule has 29 heavy (non-hydrogen) atoms. The zero-order valence-corrected chi connectivity index (χ0v) is 19.5. The van der Waals surface area contributed by atoms with Crippen LogP contribution < -0.4 is 0 Å². The van der Waals surface area contributed by atoms with Crippen molar-refractivity contribution in [1.29, 1.82) is 0 Å². The molecule has 6 atom stereocenters. The molecule has 0 radical (unpaired) electrons. The number of halogens is 1. The highest BCUT2D eigenvalue weighted by Gasteiger charge is 2.81. The predicted octanol–water partition coefficient (Wildman–Crippen LogP) is 2.28. The summed E-state index contributed by atoms with van der Waals surface area (Å²) in [5.74, 6) is -1.29. The van der Waals surface area contributed by atoms with E-state index in [2.05, 4.69) is 0 Å². The van der Waals surface area contributed by atoms with Gasteiger partial charge in [0.15, 0.2) is 0 Å². The first-order valence-electron chi connectivity index (χ1n) is 9.67. The van der Waals surface area contributed by atoms with Crippen LogP contribution in [0.25, 0.3) is 0 Å².